The third-order valence-corrected chi connectivity index (χ3v) is 3.98. The molecule has 2 heterocycles. The second-order valence-corrected chi connectivity index (χ2v) is 5.62. The Morgan fingerprint density at radius 3 is 2.78 bits per heavy atom. The lowest BCUT2D eigenvalue weighted by Gasteiger charge is -2.37. The fraction of sp³-hybridized carbons (Fsp3) is 0.667. The van der Waals surface area contributed by atoms with Crippen molar-refractivity contribution < 1.29 is 0 Å². The summed E-state index contributed by atoms with van der Waals surface area (Å²) >= 11 is 0. The molecular formula is C15H25N3. The van der Waals surface area contributed by atoms with Crippen molar-refractivity contribution in [2.24, 2.45) is 5.92 Å². The number of hydrogen-bond donors (Lipinski definition) is 1. The zero-order valence-corrected chi connectivity index (χ0v) is 12.0. The van der Waals surface area contributed by atoms with Crippen molar-refractivity contribution in [1.82, 2.24) is 10.3 Å². The van der Waals surface area contributed by atoms with Crippen molar-refractivity contribution in [1.29, 1.82) is 0 Å². The van der Waals surface area contributed by atoms with Crippen LogP contribution in [0.15, 0.2) is 12.1 Å². The quantitative estimate of drug-likeness (QED) is 0.890. The van der Waals surface area contributed by atoms with Gasteiger partial charge in [0.05, 0.1) is 0 Å². The molecule has 2 unspecified atom stereocenters. The number of aryl methyl sites for hydroxylation is 1. The molecule has 1 saturated heterocycles. The van der Waals surface area contributed by atoms with E-state index in [1.807, 2.05) is 7.05 Å². The van der Waals surface area contributed by atoms with Crippen molar-refractivity contribution >= 4 is 5.82 Å². The molecule has 3 nitrogen and oxygen atoms in total. The predicted octanol–water partition coefficient (Wildman–Crippen LogP) is 2.73. The first-order valence-corrected chi connectivity index (χ1v) is 6.99. The van der Waals surface area contributed by atoms with Gasteiger partial charge in [0.15, 0.2) is 0 Å². The molecule has 0 bridgehead atoms. The van der Waals surface area contributed by atoms with E-state index in [1.165, 1.54) is 18.4 Å². The molecule has 18 heavy (non-hydrogen) atoms. The average Bonchev–Trinajstić information content (AvgIpc) is 2.32. The zero-order valence-electron chi connectivity index (χ0n) is 12.0. The highest BCUT2D eigenvalue weighted by Crippen LogP contribution is 2.27. The smallest absolute Gasteiger partial charge is 0.129 e. The van der Waals surface area contributed by atoms with Crippen LogP contribution in [0.1, 0.15) is 37.9 Å². The van der Waals surface area contributed by atoms with Crippen LogP contribution in [0.2, 0.25) is 0 Å². The molecule has 0 aromatic carbocycles. The van der Waals surface area contributed by atoms with E-state index >= 15 is 0 Å². The topological polar surface area (TPSA) is 28.2 Å². The van der Waals surface area contributed by atoms with E-state index in [9.17, 15) is 0 Å². The Hall–Kier alpha value is -1.09. The van der Waals surface area contributed by atoms with Crippen LogP contribution in [0.25, 0.3) is 0 Å². The van der Waals surface area contributed by atoms with Crippen LogP contribution >= 0.6 is 0 Å². The monoisotopic (exact) mass is 247 g/mol. The molecule has 1 N–H and O–H groups in total. The lowest BCUT2D eigenvalue weighted by Crippen LogP contribution is -2.40. The summed E-state index contributed by atoms with van der Waals surface area (Å²) in [6.45, 7) is 8.80. The number of nitrogens with one attached hydrogen (secondary N) is 1. The number of nitrogens with zero attached hydrogens (tertiary/aromatic N) is 2. The molecule has 1 aromatic heterocycles. The average molecular weight is 247 g/mol. The first-order valence-electron chi connectivity index (χ1n) is 6.99. The van der Waals surface area contributed by atoms with Gasteiger partial charge in [0.1, 0.15) is 5.82 Å². The highest BCUT2D eigenvalue weighted by Gasteiger charge is 2.23. The molecule has 100 valence electrons. The third kappa shape index (κ3) is 2.83. The Labute approximate surface area is 111 Å². The van der Waals surface area contributed by atoms with Gasteiger partial charge in [0.25, 0.3) is 0 Å². The normalized spacial score (nSPS) is 24.3. The van der Waals surface area contributed by atoms with Gasteiger partial charge in [-0.1, -0.05) is 13.0 Å². The zero-order chi connectivity index (χ0) is 13.1. The number of rotatable bonds is 3. The Balaban J connectivity index is 2.16. The van der Waals surface area contributed by atoms with Crippen LogP contribution in [0, 0.1) is 12.8 Å². The third-order valence-electron chi connectivity index (χ3n) is 3.98. The van der Waals surface area contributed by atoms with Crippen LogP contribution in [0.5, 0.6) is 0 Å². The molecule has 0 aliphatic carbocycles. The summed E-state index contributed by atoms with van der Waals surface area (Å²) < 4.78 is 0. The van der Waals surface area contributed by atoms with Gasteiger partial charge in [-0.3, -0.25) is 0 Å². The first-order chi connectivity index (χ1) is 8.61. The number of hydrogen-bond acceptors (Lipinski definition) is 3. The van der Waals surface area contributed by atoms with Crippen molar-refractivity contribution in [3.63, 3.8) is 0 Å². The second kappa shape index (κ2) is 5.70. The molecule has 2 atom stereocenters. The molecule has 1 aromatic rings. The summed E-state index contributed by atoms with van der Waals surface area (Å²) in [4.78, 5) is 7.23. The number of pyridine rings is 1. The molecule has 0 spiro atoms. The summed E-state index contributed by atoms with van der Waals surface area (Å²) in [5, 5.41) is 3.18. The van der Waals surface area contributed by atoms with Crippen LogP contribution < -0.4 is 10.2 Å². The molecule has 1 fully saturated rings. The number of piperidine rings is 1. The summed E-state index contributed by atoms with van der Waals surface area (Å²) in [6.07, 6.45) is 2.56. The Morgan fingerprint density at radius 2 is 2.17 bits per heavy atom. The van der Waals surface area contributed by atoms with Crippen LogP contribution in [-0.2, 0) is 6.54 Å². The summed E-state index contributed by atoms with van der Waals surface area (Å²) in [5.74, 6) is 1.99. The minimum atomic E-state index is 0.607. The fourth-order valence-electron chi connectivity index (χ4n) is 2.86. The van der Waals surface area contributed by atoms with E-state index < -0.39 is 0 Å². The Morgan fingerprint density at radius 1 is 1.39 bits per heavy atom. The minimum Gasteiger partial charge on any atom is -0.354 e. The predicted molar refractivity (Wildman–Crippen MR) is 76.9 cm³/mol. The molecule has 3 heteroatoms. The van der Waals surface area contributed by atoms with Gasteiger partial charge in [0.2, 0.25) is 0 Å². The van der Waals surface area contributed by atoms with Gasteiger partial charge in [-0.2, -0.15) is 0 Å². The lowest BCUT2D eigenvalue weighted by molar-refractivity contribution is 0.376. The van der Waals surface area contributed by atoms with E-state index in [0.717, 1.165) is 30.5 Å². The molecule has 1 aliphatic rings. The van der Waals surface area contributed by atoms with E-state index in [1.54, 1.807) is 0 Å². The second-order valence-electron chi connectivity index (χ2n) is 5.62. The van der Waals surface area contributed by atoms with Gasteiger partial charge in [-0.05, 0) is 51.3 Å². The highest BCUT2D eigenvalue weighted by atomic mass is 15.2. The van der Waals surface area contributed by atoms with Gasteiger partial charge in [-0.25, -0.2) is 4.98 Å². The molecule has 2 rings (SSSR count). The van der Waals surface area contributed by atoms with E-state index in [0.29, 0.717) is 6.04 Å². The summed E-state index contributed by atoms with van der Waals surface area (Å²) in [5.41, 5.74) is 2.44. The molecule has 1 aliphatic heterocycles. The van der Waals surface area contributed by atoms with Gasteiger partial charge < -0.3 is 10.2 Å². The summed E-state index contributed by atoms with van der Waals surface area (Å²) in [6, 6.07) is 4.99. The van der Waals surface area contributed by atoms with E-state index in [2.05, 4.69) is 43.1 Å². The fourth-order valence-corrected chi connectivity index (χ4v) is 2.86. The summed E-state index contributed by atoms with van der Waals surface area (Å²) in [7, 11) is 1.97. The van der Waals surface area contributed by atoms with Gasteiger partial charge in [0, 0.05) is 24.8 Å². The van der Waals surface area contributed by atoms with Crippen molar-refractivity contribution in [2.45, 2.75) is 46.2 Å². The molecular weight excluding hydrogens is 222 g/mol. The van der Waals surface area contributed by atoms with Crippen LogP contribution in [-0.4, -0.2) is 24.6 Å². The number of anilines is 1. The van der Waals surface area contributed by atoms with E-state index in [4.69, 9.17) is 4.98 Å². The van der Waals surface area contributed by atoms with Gasteiger partial charge >= 0.3 is 0 Å². The molecule has 0 saturated carbocycles. The number of aromatic nitrogens is 1. The van der Waals surface area contributed by atoms with E-state index in [-0.39, 0.29) is 0 Å². The van der Waals surface area contributed by atoms with Crippen molar-refractivity contribution in [2.75, 3.05) is 18.5 Å². The van der Waals surface area contributed by atoms with Crippen molar-refractivity contribution in [3.05, 3.63) is 23.4 Å². The maximum Gasteiger partial charge on any atom is 0.129 e. The maximum atomic E-state index is 4.78. The van der Waals surface area contributed by atoms with Gasteiger partial charge in [-0.15, -0.1) is 0 Å². The lowest BCUT2D eigenvalue weighted by atomic mass is 9.93. The standard InChI is InChI=1S/C15H25N3/c1-11-7-8-18(12(2)9-11)15-6-5-14(10-16-4)13(3)17-15/h5-6,11-12,16H,7-10H2,1-4H3. The van der Waals surface area contributed by atoms with Crippen LogP contribution in [0.4, 0.5) is 5.82 Å². The maximum absolute atomic E-state index is 4.78. The Kier molecular flexibility index (Phi) is 4.23. The van der Waals surface area contributed by atoms with Crippen LogP contribution in [0.3, 0.4) is 0 Å². The first kappa shape index (κ1) is 13.3. The van der Waals surface area contributed by atoms with Crippen molar-refractivity contribution in [3.8, 4) is 0 Å². The largest absolute Gasteiger partial charge is 0.354 e. The minimum absolute atomic E-state index is 0.607. The Bertz CT molecular complexity index is 403. The SMILES string of the molecule is CNCc1ccc(N2CCC(C)CC2C)nc1C. The molecule has 0 radical (unpaired) electrons. The molecule has 0 amide bonds. The highest BCUT2D eigenvalue weighted by molar-refractivity contribution is 5.43.